The zero-order valence-electron chi connectivity index (χ0n) is 19.1. The van der Waals surface area contributed by atoms with Gasteiger partial charge >= 0.3 is 5.97 Å². The second-order valence-corrected chi connectivity index (χ2v) is 9.25. The molecule has 0 aromatic heterocycles. The van der Waals surface area contributed by atoms with Crippen molar-refractivity contribution in [2.75, 3.05) is 19.8 Å². The lowest BCUT2D eigenvalue weighted by molar-refractivity contribution is -0.170. The fraction of sp³-hybridized carbons (Fsp3) is 0.423. The molecule has 3 aliphatic rings. The summed E-state index contributed by atoms with van der Waals surface area (Å²) in [6.07, 6.45) is 0. The Morgan fingerprint density at radius 2 is 1.88 bits per heavy atom. The Labute approximate surface area is 193 Å². The van der Waals surface area contributed by atoms with E-state index in [9.17, 15) is 14.4 Å². The van der Waals surface area contributed by atoms with Crippen LogP contribution >= 0.6 is 0 Å². The van der Waals surface area contributed by atoms with Gasteiger partial charge < -0.3 is 19.3 Å². The van der Waals surface area contributed by atoms with Gasteiger partial charge in [0.15, 0.2) is 0 Å². The molecule has 0 saturated carbocycles. The lowest BCUT2D eigenvalue weighted by Gasteiger charge is -2.46. The molecule has 3 heterocycles. The number of benzene rings is 2. The Kier molecular flexibility index (Phi) is 5.15. The molecule has 5 rings (SSSR count). The van der Waals surface area contributed by atoms with Gasteiger partial charge in [0.05, 0.1) is 25.2 Å². The van der Waals surface area contributed by atoms with Crippen LogP contribution in [0.5, 0.6) is 5.75 Å². The predicted octanol–water partition coefficient (Wildman–Crippen LogP) is 2.87. The molecule has 3 unspecified atom stereocenters. The van der Waals surface area contributed by atoms with Crippen LogP contribution in [-0.2, 0) is 25.7 Å². The number of ether oxygens (including phenoxy) is 2. The topological polar surface area (TPSA) is 76.2 Å². The van der Waals surface area contributed by atoms with Gasteiger partial charge in [-0.05, 0) is 32.4 Å². The summed E-state index contributed by atoms with van der Waals surface area (Å²) < 4.78 is 11.4. The van der Waals surface area contributed by atoms with Crippen LogP contribution in [0.4, 0.5) is 0 Å². The van der Waals surface area contributed by atoms with Crippen molar-refractivity contribution in [2.24, 2.45) is 11.8 Å². The molecule has 2 fully saturated rings. The van der Waals surface area contributed by atoms with Crippen molar-refractivity contribution < 1.29 is 23.9 Å². The zero-order chi connectivity index (χ0) is 23.3. The fourth-order valence-electron chi connectivity index (χ4n) is 5.79. The fourth-order valence-corrected chi connectivity index (χ4v) is 5.79. The van der Waals surface area contributed by atoms with E-state index in [1.54, 1.807) is 23.6 Å². The number of esters is 1. The monoisotopic (exact) mass is 448 g/mol. The molecule has 3 aliphatic heterocycles. The summed E-state index contributed by atoms with van der Waals surface area (Å²) in [6, 6.07) is 15.0. The van der Waals surface area contributed by atoms with Gasteiger partial charge in [-0.1, -0.05) is 48.0 Å². The highest BCUT2D eigenvalue weighted by atomic mass is 16.5. The smallest absolute Gasteiger partial charge is 0.312 e. The molecule has 7 heteroatoms. The minimum Gasteiger partial charge on any atom is -0.493 e. The first kappa shape index (κ1) is 21.5. The number of hydrogen-bond donors (Lipinski definition) is 0. The van der Waals surface area contributed by atoms with Crippen LogP contribution in [0.1, 0.15) is 36.6 Å². The normalized spacial score (nSPS) is 28.0. The quantitative estimate of drug-likeness (QED) is 0.673. The van der Waals surface area contributed by atoms with Crippen LogP contribution in [-0.4, -0.2) is 52.9 Å². The lowest BCUT2D eigenvalue weighted by Crippen LogP contribution is -2.67. The van der Waals surface area contributed by atoms with Gasteiger partial charge in [-0.25, -0.2) is 0 Å². The summed E-state index contributed by atoms with van der Waals surface area (Å²) >= 11 is 0. The number of carbonyl (C=O) groups is 3. The minimum absolute atomic E-state index is 0.0237. The molecule has 4 atom stereocenters. The van der Waals surface area contributed by atoms with Crippen molar-refractivity contribution in [1.29, 1.82) is 0 Å². The Balaban J connectivity index is 1.58. The highest BCUT2D eigenvalue weighted by Gasteiger charge is 2.69. The maximum atomic E-state index is 14.0. The van der Waals surface area contributed by atoms with Gasteiger partial charge in [0, 0.05) is 18.0 Å². The average Bonchev–Trinajstić information content (AvgIpc) is 3.09. The molecule has 0 N–H and O–H groups in total. The van der Waals surface area contributed by atoms with Crippen molar-refractivity contribution in [1.82, 2.24) is 9.80 Å². The van der Waals surface area contributed by atoms with Crippen molar-refractivity contribution in [3.63, 3.8) is 0 Å². The second kappa shape index (κ2) is 7.90. The number of carbonyl (C=O) groups excluding carboxylic acids is 3. The van der Waals surface area contributed by atoms with Crippen molar-refractivity contribution in [3.05, 3.63) is 65.2 Å². The van der Waals surface area contributed by atoms with Crippen LogP contribution < -0.4 is 4.74 Å². The van der Waals surface area contributed by atoms with Crippen LogP contribution in [0.3, 0.4) is 0 Å². The van der Waals surface area contributed by atoms with Crippen molar-refractivity contribution in [3.8, 4) is 5.75 Å². The molecule has 0 bridgehead atoms. The average molecular weight is 449 g/mol. The first-order chi connectivity index (χ1) is 15.9. The van der Waals surface area contributed by atoms with E-state index in [-0.39, 0.29) is 37.5 Å². The van der Waals surface area contributed by atoms with Gasteiger partial charge in [-0.15, -0.1) is 0 Å². The first-order valence-corrected chi connectivity index (χ1v) is 11.4. The van der Waals surface area contributed by atoms with E-state index in [0.29, 0.717) is 12.3 Å². The van der Waals surface area contributed by atoms with E-state index in [1.165, 1.54) is 0 Å². The molecule has 2 saturated heterocycles. The molecule has 0 aliphatic carbocycles. The van der Waals surface area contributed by atoms with Gasteiger partial charge in [-0.3, -0.25) is 14.4 Å². The number of fused-ring (bicyclic) bond motifs is 5. The van der Waals surface area contributed by atoms with E-state index in [4.69, 9.17) is 9.47 Å². The van der Waals surface area contributed by atoms with Gasteiger partial charge in [0.25, 0.3) is 0 Å². The number of amides is 2. The predicted molar refractivity (Wildman–Crippen MR) is 120 cm³/mol. The molecule has 7 nitrogen and oxygen atoms in total. The molecule has 2 amide bonds. The molecule has 172 valence electrons. The molecule has 0 spiro atoms. The summed E-state index contributed by atoms with van der Waals surface area (Å²) in [7, 11) is 0. The van der Waals surface area contributed by atoms with Crippen LogP contribution in [0.25, 0.3) is 0 Å². The Morgan fingerprint density at radius 1 is 1.15 bits per heavy atom. The number of piperazine rings is 1. The lowest BCUT2D eigenvalue weighted by atomic mass is 9.77. The van der Waals surface area contributed by atoms with E-state index in [1.807, 2.05) is 55.5 Å². The molecule has 2 aromatic rings. The third kappa shape index (κ3) is 3.21. The number of nitrogens with zero attached hydrogens (tertiary/aromatic N) is 2. The first-order valence-electron chi connectivity index (χ1n) is 11.4. The summed E-state index contributed by atoms with van der Waals surface area (Å²) in [4.78, 5) is 44.1. The molecular weight excluding hydrogens is 420 g/mol. The highest BCUT2D eigenvalue weighted by molar-refractivity contribution is 6.02. The highest BCUT2D eigenvalue weighted by Crippen LogP contribution is 2.56. The third-order valence-electron chi connectivity index (χ3n) is 7.24. The van der Waals surface area contributed by atoms with Gasteiger partial charge in [-0.2, -0.15) is 0 Å². The maximum absolute atomic E-state index is 14.0. The van der Waals surface area contributed by atoms with Crippen molar-refractivity contribution >= 4 is 17.8 Å². The Bertz CT molecular complexity index is 1110. The minimum atomic E-state index is -1.34. The zero-order valence-corrected chi connectivity index (χ0v) is 19.1. The van der Waals surface area contributed by atoms with E-state index < -0.39 is 23.5 Å². The van der Waals surface area contributed by atoms with Crippen LogP contribution in [0.2, 0.25) is 0 Å². The number of aryl methyl sites for hydroxylation is 1. The largest absolute Gasteiger partial charge is 0.493 e. The third-order valence-corrected chi connectivity index (χ3v) is 7.24. The molecular formula is C26H28N2O5. The Hall–Kier alpha value is -3.35. The summed E-state index contributed by atoms with van der Waals surface area (Å²) in [5.74, 6) is -1.34. The molecule has 0 radical (unpaired) electrons. The Morgan fingerprint density at radius 3 is 2.61 bits per heavy atom. The summed E-state index contributed by atoms with van der Waals surface area (Å²) in [5, 5.41) is 0. The standard InChI is InChI=1S/C26H28N2O5/c1-4-32-24(30)22-19-15-33-20-8-6-5-7-18(20)23(19)28-21(29)14-27(25(31)26(22,28)3)13-17-11-9-16(2)10-12-17/h5-12,19,22-23H,4,13-15H2,1-3H3/t19?,22?,23?,26-/m1/s1. The molecule has 2 aromatic carbocycles. The summed E-state index contributed by atoms with van der Waals surface area (Å²) in [6.45, 7) is 6.20. The maximum Gasteiger partial charge on any atom is 0.312 e. The van der Waals surface area contributed by atoms with Crippen LogP contribution in [0.15, 0.2) is 48.5 Å². The second-order valence-electron chi connectivity index (χ2n) is 9.25. The number of rotatable bonds is 4. The van der Waals surface area contributed by atoms with E-state index in [2.05, 4.69) is 0 Å². The number of hydrogen-bond acceptors (Lipinski definition) is 5. The SMILES string of the molecule is CCOC(=O)C1C2COc3ccccc3C2N2C(=O)CN(Cc3ccc(C)cc3)C(=O)[C@@]12C. The van der Waals surface area contributed by atoms with Gasteiger partial charge in [0.2, 0.25) is 11.8 Å². The summed E-state index contributed by atoms with van der Waals surface area (Å²) in [5.41, 5.74) is 1.55. The van der Waals surface area contributed by atoms with E-state index >= 15 is 0 Å². The molecule has 33 heavy (non-hydrogen) atoms. The van der Waals surface area contributed by atoms with Crippen molar-refractivity contribution in [2.45, 2.75) is 38.9 Å². The van der Waals surface area contributed by atoms with Gasteiger partial charge in [0.1, 0.15) is 17.8 Å². The van der Waals surface area contributed by atoms with Crippen LogP contribution in [0, 0.1) is 18.8 Å². The number of para-hydroxylation sites is 1. The van der Waals surface area contributed by atoms with E-state index in [0.717, 1.165) is 16.7 Å².